The Morgan fingerprint density at radius 2 is 0.953 bits per heavy atom. The Morgan fingerprint density at radius 3 is 1.38 bits per heavy atom. The van der Waals surface area contributed by atoms with Crippen LogP contribution in [0.25, 0.3) is 33.8 Å². The molecule has 9 aromatic rings. The first kappa shape index (κ1) is 72.7. The molecule has 7 aliphatic rings. The molecular formula is C83H84N12O10S2. The number of nitrogen functional groups attached to an aromatic ring is 1. The molecule has 0 atom stereocenters. The maximum Gasteiger partial charge on any atom is 0.298 e. The van der Waals surface area contributed by atoms with Gasteiger partial charge in [0.2, 0.25) is 11.8 Å². The Kier molecular flexibility index (Phi) is 21.4. The van der Waals surface area contributed by atoms with Crippen molar-refractivity contribution in [1.29, 1.82) is 0 Å². The number of aromatic nitrogens is 4. The minimum absolute atomic E-state index is 0.00238. The molecular weight excluding hydrogens is 1390 g/mol. The highest BCUT2D eigenvalue weighted by Gasteiger charge is 2.55. The highest BCUT2D eigenvalue weighted by Crippen LogP contribution is 2.59. The summed E-state index contributed by atoms with van der Waals surface area (Å²) in [5, 5.41) is 6.63. The second-order valence-electron chi connectivity index (χ2n) is 28.8. The molecule has 7 heterocycles. The second kappa shape index (κ2) is 31.5. The number of benzene rings is 6. The van der Waals surface area contributed by atoms with Crippen molar-refractivity contribution >= 4 is 63.9 Å². The van der Waals surface area contributed by atoms with Crippen molar-refractivity contribution in [2.75, 3.05) is 77.9 Å². The zero-order valence-corrected chi connectivity index (χ0v) is 61.1. The van der Waals surface area contributed by atoms with Gasteiger partial charge in [-0.15, -0.1) is 22.7 Å². The minimum atomic E-state index is -0.610. The van der Waals surface area contributed by atoms with Gasteiger partial charge in [0.05, 0.1) is 40.7 Å². The number of carbonyl (C=O) groups excluding carboxylic acids is 6. The topological polar surface area (TPSA) is 300 Å². The lowest BCUT2D eigenvalue weighted by atomic mass is 9.60. The van der Waals surface area contributed by atoms with Crippen molar-refractivity contribution in [2.24, 2.45) is 33.4 Å². The van der Waals surface area contributed by atoms with E-state index in [9.17, 15) is 28.8 Å². The van der Waals surface area contributed by atoms with Gasteiger partial charge in [-0.25, -0.2) is 14.6 Å². The third-order valence-electron chi connectivity index (χ3n) is 21.3. The van der Waals surface area contributed by atoms with Gasteiger partial charge in [0, 0.05) is 98.9 Å². The number of ether oxygens (including phenoxy) is 4. The van der Waals surface area contributed by atoms with Crippen LogP contribution in [-0.2, 0) is 19.1 Å². The summed E-state index contributed by atoms with van der Waals surface area (Å²) in [4.78, 5) is 91.9. The van der Waals surface area contributed by atoms with Crippen LogP contribution in [0.3, 0.4) is 0 Å². The zero-order chi connectivity index (χ0) is 74.4. The Morgan fingerprint density at radius 1 is 0.533 bits per heavy atom. The van der Waals surface area contributed by atoms with Crippen molar-refractivity contribution in [3.63, 3.8) is 0 Å². The van der Waals surface area contributed by atoms with E-state index in [1.807, 2.05) is 185 Å². The molecule has 4 saturated heterocycles. The van der Waals surface area contributed by atoms with Gasteiger partial charge in [-0.05, 0) is 190 Å². The van der Waals surface area contributed by atoms with E-state index < -0.39 is 17.7 Å². The van der Waals surface area contributed by atoms with Crippen LogP contribution in [0.4, 0.5) is 5.82 Å². The third kappa shape index (κ3) is 16.3. The molecule has 24 heteroatoms. The number of primary amides is 3. The van der Waals surface area contributed by atoms with E-state index in [0.29, 0.717) is 50.0 Å². The molecule has 0 radical (unpaired) electrons. The summed E-state index contributed by atoms with van der Waals surface area (Å²) in [6, 6.07) is 51.2. The standard InChI is InChI=1S/C30H34N6O4.C27H25N3O3S.C26H25N3O3S/c31-28-26(29(32)38)27(21-8-10-24(11-9-21)40-23-5-2-1-3-6-23)33-36(28)22-17-30(18-22)19-35(20-30)25(37)7-4-12-34-13-15-39-16-14-34;1-2-6-22(31)30-14-13-27(17-30)15-19(16-27)26-29-23(24(34-26)25(28)32)18-9-11-21(12-10-18)33-20-7-4-3-5-8-20;1-2-21(30)29-13-12-26(16-29)14-18(15-26)25-28-22(23(33-25)24(27)31)17-8-10-20(11-9-17)32-19-6-4-3-5-7-19/h1-11,22H,12-20,31H2,(H2,32,38);3-5,7-12,19H,13-17H2,1H3,(H2,28,32);2-11,18H,1,12-16H2,(H2,27,31)/b7-4+;;. The lowest BCUT2D eigenvalue weighted by Gasteiger charge is -2.58. The Bertz CT molecular complexity index is 4850. The van der Waals surface area contributed by atoms with E-state index in [2.05, 4.69) is 23.3 Å². The van der Waals surface area contributed by atoms with Gasteiger partial charge in [0.1, 0.15) is 61.3 Å². The molecule has 6 amide bonds. The molecule has 22 nitrogen and oxygen atoms in total. The number of carbonyl (C=O) groups is 6. The van der Waals surface area contributed by atoms with Crippen LogP contribution in [0.5, 0.6) is 34.5 Å². The van der Waals surface area contributed by atoms with E-state index in [1.54, 1.807) is 17.7 Å². The number of nitrogens with zero attached hydrogens (tertiary/aromatic N) is 8. The van der Waals surface area contributed by atoms with Crippen LogP contribution in [0.1, 0.15) is 116 Å². The number of para-hydroxylation sites is 3. The molecule has 3 spiro atoms. The molecule has 3 saturated carbocycles. The van der Waals surface area contributed by atoms with Gasteiger partial charge in [-0.2, -0.15) is 5.10 Å². The first-order valence-corrected chi connectivity index (χ1v) is 37.6. The van der Waals surface area contributed by atoms with Crippen LogP contribution in [0.2, 0.25) is 0 Å². The van der Waals surface area contributed by atoms with Crippen molar-refractivity contribution < 1.29 is 47.7 Å². The van der Waals surface area contributed by atoms with Gasteiger partial charge in [-0.1, -0.05) is 73.2 Å². The van der Waals surface area contributed by atoms with Gasteiger partial charge in [0.25, 0.3) is 23.6 Å². The van der Waals surface area contributed by atoms with E-state index in [0.717, 1.165) is 167 Å². The summed E-state index contributed by atoms with van der Waals surface area (Å²) in [6.07, 6.45) is 12.6. The highest BCUT2D eigenvalue weighted by molar-refractivity contribution is 7.14. The van der Waals surface area contributed by atoms with Crippen LogP contribution < -0.4 is 37.1 Å². The quantitative estimate of drug-likeness (QED) is 0.0432. The fourth-order valence-electron chi connectivity index (χ4n) is 15.9. The number of likely N-dealkylation sites (tertiary alicyclic amines) is 3. The summed E-state index contributed by atoms with van der Waals surface area (Å²) in [7, 11) is 0. The van der Waals surface area contributed by atoms with Crippen molar-refractivity contribution in [1.82, 2.24) is 39.3 Å². The molecule has 7 fully saturated rings. The lowest BCUT2D eigenvalue weighted by Crippen LogP contribution is -2.63. The zero-order valence-electron chi connectivity index (χ0n) is 59.5. The normalized spacial score (nSPS) is 17.6. The predicted octanol–water partition coefficient (Wildman–Crippen LogP) is 12.9. The maximum absolute atomic E-state index is 12.6. The molecule has 3 aliphatic carbocycles. The summed E-state index contributed by atoms with van der Waals surface area (Å²) in [6.45, 7) is 13.9. The third-order valence-corrected chi connectivity index (χ3v) is 23.8. The molecule has 8 N–H and O–H groups in total. The summed E-state index contributed by atoms with van der Waals surface area (Å²) in [5.41, 5.74) is 28.3. The second-order valence-corrected chi connectivity index (χ2v) is 30.8. The number of anilines is 1. The van der Waals surface area contributed by atoms with Gasteiger partial charge in [0.15, 0.2) is 0 Å². The number of hydrogen-bond donors (Lipinski definition) is 4. The van der Waals surface area contributed by atoms with E-state index in [-0.39, 0.29) is 57.3 Å². The van der Waals surface area contributed by atoms with Gasteiger partial charge in [-0.3, -0.25) is 33.7 Å². The maximum atomic E-state index is 12.6. The average Bonchev–Trinajstić information content (AvgIpc) is 1.64. The summed E-state index contributed by atoms with van der Waals surface area (Å²) < 4.78 is 24.7. The van der Waals surface area contributed by atoms with Crippen LogP contribution >= 0.6 is 22.7 Å². The molecule has 548 valence electrons. The van der Waals surface area contributed by atoms with E-state index in [1.165, 1.54) is 28.7 Å². The monoisotopic (exact) mass is 1470 g/mol. The first-order valence-electron chi connectivity index (χ1n) is 36.0. The molecule has 107 heavy (non-hydrogen) atoms. The van der Waals surface area contributed by atoms with Crippen LogP contribution in [-0.4, -0.2) is 147 Å². The number of thiazole rings is 2. The van der Waals surface area contributed by atoms with Crippen molar-refractivity contribution in [3.8, 4) is 80.1 Å². The smallest absolute Gasteiger partial charge is 0.298 e. The number of morpholine rings is 1. The molecule has 3 aromatic heterocycles. The predicted molar refractivity (Wildman–Crippen MR) is 411 cm³/mol. The Labute approximate surface area is 628 Å². The summed E-state index contributed by atoms with van der Waals surface area (Å²) >= 11 is 2.78. The minimum Gasteiger partial charge on any atom is -0.457 e. The van der Waals surface area contributed by atoms with E-state index in [4.69, 9.17) is 56.9 Å². The fourth-order valence-corrected chi connectivity index (χ4v) is 17.9. The molecule has 4 aliphatic heterocycles. The number of amides is 6. The first-order chi connectivity index (χ1) is 51.8. The van der Waals surface area contributed by atoms with Gasteiger partial charge >= 0.3 is 0 Å². The van der Waals surface area contributed by atoms with Crippen molar-refractivity contribution in [2.45, 2.75) is 76.2 Å². The molecule has 0 unspecified atom stereocenters. The number of nitrogens with two attached hydrogens (primary N) is 4. The van der Waals surface area contributed by atoms with E-state index >= 15 is 0 Å². The summed E-state index contributed by atoms with van der Waals surface area (Å²) in [5.74, 6) is 8.97. The highest BCUT2D eigenvalue weighted by atomic mass is 32.1. The van der Waals surface area contributed by atoms with Crippen molar-refractivity contribution in [3.05, 3.63) is 214 Å². The van der Waals surface area contributed by atoms with Gasteiger partial charge < -0.3 is 56.6 Å². The Hall–Kier alpha value is -11.2. The van der Waals surface area contributed by atoms with Crippen LogP contribution in [0, 0.1) is 28.1 Å². The fraction of sp³-hybridized carbons (Fsp3) is 0.313. The number of hydrogen-bond acceptors (Lipinski definition) is 17. The average molecular weight is 1470 g/mol. The number of rotatable bonds is 19. The largest absolute Gasteiger partial charge is 0.457 e. The Balaban J connectivity index is 0.000000135. The molecule has 16 rings (SSSR count). The lowest BCUT2D eigenvalue weighted by molar-refractivity contribution is -0.149. The molecule has 6 aromatic carbocycles. The SMILES string of the molecule is C=CC(=O)N1CCC2(CC(c3nc(-c4ccc(Oc5ccccc5)cc4)c(C(N)=O)s3)C2)C1.CC#CC(=O)N1CCC2(CC(c3nc(-c4ccc(Oc5ccccc5)cc4)c(C(N)=O)s3)C2)C1.NC(=O)c1c(-c2ccc(Oc3ccccc3)cc2)nn(C2CC3(C2)CN(C(=O)/C=C/CN2CCOCC2)C3)c1N. The molecule has 0 bridgehead atoms. The van der Waals surface area contributed by atoms with Crippen LogP contribution in [0.15, 0.2) is 189 Å².